The van der Waals surface area contributed by atoms with E-state index in [2.05, 4.69) is 53.2 Å². The number of fused-ring (bicyclic) bond motifs is 1. The van der Waals surface area contributed by atoms with E-state index >= 15 is 0 Å². The monoisotopic (exact) mass is 366 g/mol. The fourth-order valence-corrected chi connectivity index (χ4v) is 4.03. The molecule has 4 rings (SSSR count). The van der Waals surface area contributed by atoms with Crippen molar-refractivity contribution in [1.29, 1.82) is 0 Å². The Hall–Kier alpha value is -2.20. The van der Waals surface area contributed by atoms with Gasteiger partial charge in [-0.3, -0.25) is 4.90 Å². The first kappa shape index (κ1) is 18.2. The van der Waals surface area contributed by atoms with Crippen molar-refractivity contribution in [3.8, 4) is 11.5 Å². The van der Waals surface area contributed by atoms with E-state index in [1.807, 2.05) is 12.1 Å². The first-order valence-electron chi connectivity index (χ1n) is 10.2. The highest BCUT2D eigenvalue weighted by Crippen LogP contribution is 2.33. The number of hydrogen-bond acceptors (Lipinski definition) is 4. The summed E-state index contributed by atoms with van der Waals surface area (Å²) in [5.41, 5.74) is 2.49. The molecule has 4 nitrogen and oxygen atoms in total. The predicted molar refractivity (Wildman–Crippen MR) is 110 cm³/mol. The van der Waals surface area contributed by atoms with E-state index in [0.29, 0.717) is 6.04 Å². The summed E-state index contributed by atoms with van der Waals surface area (Å²) in [5, 5.41) is 0. The summed E-state index contributed by atoms with van der Waals surface area (Å²) in [5.74, 6) is 1.95. The van der Waals surface area contributed by atoms with Gasteiger partial charge in [-0.2, -0.15) is 0 Å². The standard InChI is InChI=1S/C23H30N2O2/c1-24-20(18-27-23-8-4-3-7-22(23)24)17-19-9-11-21(12-10-19)26-16-15-25-13-5-2-6-14-25/h3-4,7-12,20H,2,5-6,13-18H2,1H3/t20-/m0/s1. The largest absolute Gasteiger partial charge is 0.492 e. The van der Waals surface area contributed by atoms with E-state index in [-0.39, 0.29) is 0 Å². The van der Waals surface area contributed by atoms with Crippen LogP contribution in [0.2, 0.25) is 0 Å². The Bertz CT molecular complexity index is 725. The summed E-state index contributed by atoms with van der Waals surface area (Å²) in [6, 6.07) is 17.2. The quantitative estimate of drug-likeness (QED) is 0.772. The number of piperidine rings is 1. The van der Waals surface area contributed by atoms with Crippen LogP contribution in [0.1, 0.15) is 24.8 Å². The minimum atomic E-state index is 0.353. The maximum absolute atomic E-state index is 5.94. The van der Waals surface area contributed by atoms with Gasteiger partial charge in [0.15, 0.2) is 0 Å². The van der Waals surface area contributed by atoms with Crippen LogP contribution in [0.3, 0.4) is 0 Å². The summed E-state index contributed by atoms with van der Waals surface area (Å²) < 4.78 is 11.9. The van der Waals surface area contributed by atoms with Gasteiger partial charge >= 0.3 is 0 Å². The molecule has 2 aromatic rings. The zero-order valence-corrected chi connectivity index (χ0v) is 16.3. The van der Waals surface area contributed by atoms with Gasteiger partial charge in [0.05, 0.1) is 11.7 Å². The van der Waals surface area contributed by atoms with Gasteiger partial charge in [0.1, 0.15) is 24.7 Å². The number of anilines is 1. The second kappa shape index (κ2) is 8.66. The molecule has 0 aliphatic carbocycles. The molecule has 0 unspecified atom stereocenters. The molecule has 2 aliphatic rings. The number of nitrogens with zero attached hydrogens (tertiary/aromatic N) is 2. The van der Waals surface area contributed by atoms with Gasteiger partial charge in [0, 0.05) is 13.6 Å². The Morgan fingerprint density at radius 2 is 1.78 bits per heavy atom. The molecule has 0 saturated carbocycles. The minimum Gasteiger partial charge on any atom is -0.492 e. The fraction of sp³-hybridized carbons (Fsp3) is 0.478. The molecule has 1 saturated heterocycles. The van der Waals surface area contributed by atoms with Crippen molar-refractivity contribution >= 4 is 5.69 Å². The Morgan fingerprint density at radius 3 is 2.59 bits per heavy atom. The van der Waals surface area contributed by atoms with Gasteiger partial charge in [-0.15, -0.1) is 0 Å². The molecule has 4 heteroatoms. The third-order valence-corrected chi connectivity index (χ3v) is 5.74. The van der Waals surface area contributed by atoms with Crippen molar-refractivity contribution < 1.29 is 9.47 Å². The molecule has 0 spiro atoms. The fourth-order valence-electron chi connectivity index (χ4n) is 4.03. The molecule has 0 radical (unpaired) electrons. The lowest BCUT2D eigenvalue weighted by Crippen LogP contribution is -2.41. The number of para-hydroxylation sites is 2. The maximum atomic E-state index is 5.94. The van der Waals surface area contributed by atoms with Crippen LogP contribution in [0.5, 0.6) is 11.5 Å². The van der Waals surface area contributed by atoms with Gasteiger partial charge in [0.25, 0.3) is 0 Å². The molecular weight excluding hydrogens is 336 g/mol. The number of benzene rings is 2. The van der Waals surface area contributed by atoms with Crippen molar-refractivity contribution in [3.05, 3.63) is 54.1 Å². The van der Waals surface area contributed by atoms with E-state index in [9.17, 15) is 0 Å². The smallest absolute Gasteiger partial charge is 0.142 e. The van der Waals surface area contributed by atoms with Crippen LogP contribution >= 0.6 is 0 Å². The molecule has 2 aliphatic heterocycles. The van der Waals surface area contributed by atoms with Gasteiger partial charge in [-0.1, -0.05) is 30.7 Å². The van der Waals surface area contributed by atoms with Crippen molar-refractivity contribution in [2.45, 2.75) is 31.7 Å². The van der Waals surface area contributed by atoms with Crippen LogP contribution in [0, 0.1) is 0 Å². The average Bonchev–Trinajstić information content (AvgIpc) is 2.72. The summed E-state index contributed by atoms with van der Waals surface area (Å²) in [7, 11) is 2.16. The molecule has 2 heterocycles. The zero-order chi connectivity index (χ0) is 18.5. The summed E-state index contributed by atoms with van der Waals surface area (Å²) in [6.45, 7) is 4.98. The SMILES string of the molecule is CN1c2ccccc2OC[C@@H]1Cc1ccc(OCCN2CCCCC2)cc1. The van der Waals surface area contributed by atoms with Crippen LogP contribution in [0.4, 0.5) is 5.69 Å². The molecule has 0 bridgehead atoms. The van der Waals surface area contributed by atoms with E-state index in [1.165, 1.54) is 43.6 Å². The van der Waals surface area contributed by atoms with Crippen LogP contribution in [-0.2, 0) is 6.42 Å². The number of ether oxygens (including phenoxy) is 2. The summed E-state index contributed by atoms with van der Waals surface area (Å²) in [4.78, 5) is 4.84. The van der Waals surface area contributed by atoms with Crippen LogP contribution < -0.4 is 14.4 Å². The lowest BCUT2D eigenvalue weighted by atomic mass is 10.0. The van der Waals surface area contributed by atoms with E-state index in [4.69, 9.17) is 9.47 Å². The Morgan fingerprint density at radius 1 is 1.00 bits per heavy atom. The van der Waals surface area contributed by atoms with E-state index in [1.54, 1.807) is 0 Å². The molecule has 0 N–H and O–H groups in total. The van der Waals surface area contributed by atoms with Gasteiger partial charge in [-0.05, 0) is 62.2 Å². The third-order valence-electron chi connectivity index (χ3n) is 5.74. The summed E-state index contributed by atoms with van der Waals surface area (Å²) in [6.07, 6.45) is 5.02. The zero-order valence-electron chi connectivity index (χ0n) is 16.3. The van der Waals surface area contributed by atoms with Crippen LogP contribution in [0.25, 0.3) is 0 Å². The lowest BCUT2D eigenvalue weighted by Gasteiger charge is -2.36. The lowest BCUT2D eigenvalue weighted by molar-refractivity contribution is 0.183. The third kappa shape index (κ3) is 4.56. The normalized spacial score (nSPS) is 20.0. The number of likely N-dealkylation sites (N-methyl/N-ethyl adjacent to an activating group) is 1. The maximum Gasteiger partial charge on any atom is 0.142 e. The molecule has 144 valence electrons. The van der Waals surface area contributed by atoms with Crippen molar-refractivity contribution in [2.75, 3.05) is 44.8 Å². The first-order valence-corrected chi connectivity index (χ1v) is 10.2. The van der Waals surface area contributed by atoms with Crippen LogP contribution in [0.15, 0.2) is 48.5 Å². The van der Waals surface area contributed by atoms with E-state index < -0.39 is 0 Å². The minimum absolute atomic E-state index is 0.353. The summed E-state index contributed by atoms with van der Waals surface area (Å²) >= 11 is 0. The molecule has 0 aromatic heterocycles. The predicted octanol–water partition coefficient (Wildman–Crippen LogP) is 3.99. The highest BCUT2D eigenvalue weighted by molar-refractivity contribution is 5.60. The van der Waals surface area contributed by atoms with E-state index in [0.717, 1.165) is 37.7 Å². The Labute approximate surface area is 162 Å². The van der Waals surface area contributed by atoms with Gasteiger partial charge in [0.2, 0.25) is 0 Å². The topological polar surface area (TPSA) is 24.9 Å². The van der Waals surface area contributed by atoms with Crippen molar-refractivity contribution in [3.63, 3.8) is 0 Å². The van der Waals surface area contributed by atoms with Gasteiger partial charge < -0.3 is 14.4 Å². The van der Waals surface area contributed by atoms with Crippen molar-refractivity contribution in [2.24, 2.45) is 0 Å². The molecule has 1 atom stereocenters. The molecular formula is C23H30N2O2. The molecule has 1 fully saturated rings. The second-order valence-corrected chi connectivity index (χ2v) is 7.64. The molecule has 0 amide bonds. The van der Waals surface area contributed by atoms with Crippen LogP contribution in [-0.4, -0.2) is 50.8 Å². The van der Waals surface area contributed by atoms with Crippen molar-refractivity contribution in [1.82, 2.24) is 4.90 Å². The number of rotatable bonds is 6. The first-order chi connectivity index (χ1) is 13.3. The molecule has 27 heavy (non-hydrogen) atoms. The Kier molecular flexibility index (Phi) is 5.83. The molecule has 2 aromatic carbocycles. The average molecular weight is 367 g/mol. The number of hydrogen-bond donors (Lipinski definition) is 0. The highest BCUT2D eigenvalue weighted by Gasteiger charge is 2.24. The second-order valence-electron chi connectivity index (χ2n) is 7.64. The Balaban J connectivity index is 1.28. The highest BCUT2D eigenvalue weighted by atomic mass is 16.5. The number of likely N-dealkylation sites (tertiary alicyclic amines) is 1. The van der Waals surface area contributed by atoms with Gasteiger partial charge in [-0.25, -0.2) is 0 Å².